The molecule has 0 amide bonds. The van der Waals surface area contributed by atoms with Gasteiger partial charge in [0.2, 0.25) is 0 Å². The Kier molecular flexibility index (Phi) is 5.63. The van der Waals surface area contributed by atoms with Gasteiger partial charge in [-0.05, 0) is 13.3 Å². The number of unbranched alkanes of at least 4 members (excludes halogenated alkanes) is 1. The van der Waals surface area contributed by atoms with Crippen LogP contribution in [0.25, 0.3) is 0 Å². The Morgan fingerprint density at radius 3 is 2.83 bits per heavy atom. The average molecular weight is 273 g/mol. The van der Waals surface area contributed by atoms with Crippen LogP contribution in [0.4, 0.5) is 0 Å². The van der Waals surface area contributed by atoms with Crippen molar-refractivity contribution in [3.8, 4) is 0 Å². The third kappa shape index (κ3) is 4.36. The van der Waals surface area contributed by atoms with Crippen LogP contribution in [-0.2, 0) is 9.53 Å². The van der Waals surface area contributed by atoms with Gasteiger partial charge in [0.05, 0.1) is 6.61 Å². The number of carbonyl (C=O) groups is 1. The molecule has 18 heavy (non-hydrogen) atoms. The predicted molar refractivity (Wildman–Crippen MR) is 66.7 cm³/mol. The van der Waals surface area contributed by atoms with E-state index >= 15 is 0 Å². The van der Waals surface area contributed by atoms with Crippen molar-refractivity contribution in [2.45, 2.75) is 37.0 Å². The highest BCUT2D eigenvalue weighted by atomic mass is 32.2. The van der Waals surface area contributed by atoms with Crippen molar-refractivity contribution in [1.82, 2.24) is 15.2 Å². The van der Waals surface area contributed by atoms with Crippen molar-refractivity contribution < 1.29 is 9.53 Å². The molecular formula is C10H15N3O4S. The van der Waals surface area contributed by atoms with Gasteiger partial charge in [0.1, 0.15) is 5.25 Å². The van der Waals surface area contributed by atoms with E-state index in [1.54, 1.807) is 6.92 Å². The Balaban J connectivity index is 2.58. The predicted octanol–water partition coefficient (Wildman–Crippen LogP) is 0.282. The number of aromatic nitrogens is 3. The van der Waals surface area contributed by atoms with Crippen LogP contribution < -0.4 is 11.2 Å². The molecular weight excluding hydrogens is 258 g/mol. The lowest BCUT2D eigenvalue weighted by molar-refractivity contribution is -0.142. The molecule has 0 spiro atoms. The highest BCUT2D eigenvalue weighted by Crippen LogP contribution is 2.17. The Hall–Kier alpha value is -1.57. The van der Waals surface area contributed by atoms with E-state index in [9.17, 15) is 14.4 Å². The second-order valence-corrected chi connectivity index (χ2v) is 4.92. The molecule has 0 saturated carbocycles. The van der Waals surface area contributed by atoms with Crippen LogP contribution in [0.15, 0.2) is 14.6 Å². The molecule has 0 radical (unpaired) electrons. The maximum absolute atomic E-state index is 11.5. The van der Waals surface area contributed by atoms with Gasteiger partial charge in [-0.1, -0.05) is 25.1 Å². The molecule has 0 aliphatic heterocycles. The van der Waals surface area contributed by atoms with Gasteiger partial charge in [-0.2, -0.15) is 5.10 Å². The van der Waals surface area contributed by atoms with Gasteiger partial charge >= 0.3 is 11.7 Å². The summed E-state index contributed by atoms with van der Waals surface area (Å²) in [6, 6.07) is 0. The minimum absolute atomic E-state index is 0.0366. The first kappa shape index (κ1) is 14.5. The van der Waals surface area contributed by atoms with Gasteiger partial charge < -0.3 is 4.74 Å². The molecule has 2 N–H and O–H groups in total. The molecule has 8 heteroatoms. The van der Waals surface area contributed by atoms with Crippen LogP contribution in [0.1, 0.15) is 26.7 Å². The standard InChI is InChI=1S/C10H15N3O4S/c1-3-4-5-17-9(15)6(2)18-8-7(14)11-10(16)13-12-8/h6H,3-5H2,1-2H3,(H2,11,13,14,16)/t6-/m1/s1. The lowest BCUT2D eigenvalue weighted by atomic mass is 10.4. The zero-order chi connectivity index (χ0) is 13.5. The second kappa shape index (κ2) is 7.00. The fourth-order valence-corrected chi connectivity index (χ4v) is 1.82. The third-order valence-corrected chi connectivity index (χ3v) is 3.09. The summed E-state index contributed by atoms with van der Waals surface area (Å²) in [5.41, 5.74) is -1.29. The van der Waals surface area contributed by atoms with Gasteiger partial charge in [0.25, 0.3) is 5.56 Å². The number of nitrogens with zero attached hydrogens (tertiary/aromatic N) is 1. The number of hydrogen-bond acceptors (Lipinski definition) is 6. The zero-order valence-corrected chi connectivity index (χ0v) is 11.0. The van der Waals surface area contributed by atoms with E-state index in [1.807, 2.05) is 11.9 Å². The minimum atomic E-state index is -0.678. The summed E-state index contributed by atoms with van der Waals surface area (Å²) in [4.78, 5) is 35.7. The van der Waals surface area contributed by atoms with Gasteiger partial charge in [0, 0.05) is 0 Å². The minimum Gasteiger partial charge on any atom is -0.465 e. The molecule has 1 rings (SSSR count). The molecule has 100 valence electrons. The molecule has 0 aliphatic rings. The summed E-state index contributed by atoms with van der Waals surface area (Å²) in [5, 5.41) is 5.16. The maximum atomic E-state index is 11.5. The molecule has 0 bridgehead atoms. The molecule has 7 nitrogen and oxygen atoms in total. The molecule has 1 aromatic rings. The van der Waals surface area contributed by atoms with Crippen LogP contribution in [0.2, 0.25) is 0 Å². The van der Waals surface area contributed by atoms with E-state index in [1.165, 1.54) is 0 Å². The number of hydrogen-bond donors (Lipinski definition) is 2. The van der Waals surface area contributed by atoms with Crippen molar-refractivity contribution in [3.05, 3.63) is 20.8 Å². The van der Waals surface area contributed by atoms with Crippen LogP contribution in [0.3, 0.4) is 0 Å². The molecule has 0 unspecified atom stereocenters. The van der Waals surface area contributed by atoms with Crippen molar-refractivity contribution in [2.24, 2.45) is 0 Å². The van der Waals surface area contributed by atoms with E-state index in [0.29, 0.717) is 6.61 Å². The van der Waals surface area contributed by atoms with Crippen molar-refractivity contribution in [3.63, 3.8) is 0 Å². The van der Waals surface area contributed by atoms with Crippen molar-refractivity contribution in [1.29, 1.82) is 0 Å². The average Bonchev–Trinajstić information content (AvgIpc) is 2.32. The Morgan fingerprint density at radius 2 is 2.22 bits per heavy atom. The number of aromatic amines is 2. The van der Waals surface area contributed by atoms with E-state index in [0.717, 1.165) is 24.6 Å². The van der Waals surface area contributed by atoms with Crippen LogP contribution in [-0.4, -0.2) is 33.0 Å². The van der Waals surface area contributed by atoms with Gasteiger partial charge in [0.15, 0.2) is 5.03 Å². The summed E-state index contributed by atoms with van der Waals surface area (Å²) in [6.07, 6.45) is 1.75. The van der Waals surface area contributed by atoms with E-state index in [4.69, 9.17) is 4.74 Å². The largest absolute Gasteiger partial charge is 0.465 e. The topological polar surface area (TPSA) is 105 Å². The maximum Gasteiger partial charge on any atom is 0.342 e. The molecule has 0 aromatic carbocycles. The number of carbonyl (C=O) groups excluding carboxylic acids is 1. The van der Waals surface area contributed by atoms with Crippen molar-refractivity contribution >= 4 is 17.7 Å². The Morgan fingerprint density at radius 1 is 1.50 bits per heavy atom. The van der Waals surface area contributed by atoms with Crippen LogP contribution in [0, 0.1) is 0 Å². The zero-order valence-electron chi connectivity index (χ0n) is 10.2. The van der Waals surface area contributed by atoms with E-state index < -0.39 is 22.5 Å². The smallest absolute Gasteiger partial charge is 0.342 e. The summed E-state index contributed by atoms with van der Waals surface area (Å²) in [6.45, 7) is 3.98. The number of nitrogens with one attached hydrogen (secondary N) is 2. The first-order chi connectivity index (χ1) is 8.54. The van der Waals surface area contributed by atoms with Gasteiger partial charge in [-0.25, -0.2) is 9.89 Å². The van der Waals surface area contributed by atoms with E-state index in [2.05, 4.69) is 10.2 Å². The summed E-state index contributed by atoms with van der Waals surface area (Å²) in [5.74, 6) is -0.402. The Labute approximate surface area is 107 Å². The van der Waals surface area contributed by atoms with E-state index in [-0.39, 0.29) is 5.03 Å². The van der Waals surface area contributed by atoms with Crippen molar-refractivity contribution in [2.75, 3.05) is 6.61 Å². The molecule has 0 saturated heterocycles. The fraction of sp³-hybridized carbons (Fsp3) is 0.600. The lowest BCUT2D eigenvalue weighted by Gasteiger charge is -2.09. The normalized spacial score (nSPS) is 12.1. The summed E-state index contributed by atoms with van der Waals surface area (Å²) < 4.78 is 5.01. The molecule has 0 fully saturated rings. The molecule has 1 aromatic heterocycles. The SMILES string of the molecule is CCCCOC(=O)[C@@H](C)Sc1n[nH]c(=O)[nH]c1=O. The summed E-state index contributed by atoms with van der Waals surface area (Å²) in [7, 11) is 0. The van der Waals surface area contributed by atoms with Gasteiger partial charge in [-0.15, -0.1) is 0 Å². The molecule has 0 aliphatic carbocycles. The molecule has 1 heterocycles. The number of esters is 1. The molecule has 1 atom stereocenters. The second-order valence-electron chi connectivity index (χ2n) is 3.59. The highest BCUT2D eigenvalue weighted by molar-refractivity contribution is 8.00. The summed E-state index contributed by atoms with van der Waals surface area (Å²) >= 11 is 0.945. The number of H-pyrrole nitrogens is 2. The monoisotopic (exact) mass is 273 g/mol. The third-order valence-electron chi connectivity index (χ3n) is 2.04. The van der Waals surface area contributed by atoms with Gasteiger partial charge in [-0.3, -0.25) is 14.6 Å². The Bertz CT molecular complexity index is 510. The number of rotatable bonds is 6. The first-order valence-electron chi connectivity index (χ1n) is 5.57. The highest BCUT2D eigenvalue weighted by Gasteiger charge is 2.18. The fourth-order valence-electron chi connectivity index (χ4n) is 1.07. The van der Waals surface area contributed by atoms with Crippen LogP contribution >= 0.6 is 11.8 Å². The lowest BCUT2D eigenvalue weighted by Crippen LogP contribution is -2.27. The van der Waals surface area contributed by atoms with Crippen LogP contribution in [0.5, 0.6) is 0 Å². The quantitative estimate of drug-likeness (QED) is 0.438. The number of ether oxygens (including phenoxy) is 1. The first-order valence-corrected chi connectivity index (χ1v) is 6.44. The number of thioether (sulfide) groups is 1.